The highest BCUT2D eigenvalue weighted by molar-refractivity contribution is 7.89. The van der Waals surface area contributed by atoms with Crippen LogP contribution in [0.15, 0.2) is 53.4 Å². The van der Waals surface area contributed by atoms with E-state index in [1.165, 1.54) is 34.6 Å². The van der Waals surface area contributed by atoms with Crippen molar-refractivity contribution >= 4 is 21.6 Å². The smallest absolute Gasteiger partial charge is 0.243 e. The summed E-state index contributed by atoms with van der Waals surface area (Å²) in [6.07, 6.45) is 1.94. The molecule has 144 valence electrons. The maximum atomic E-state index is 13.7. The number of hydrogen-bond donors (Lipinski definition) is 1. The summed E-state index contributed by atoms with van der Waals surface area (Å²) in [5, 5.41) is 2.49. The van der Waals surface area contributed by atoms with E-state index in [1.807, 2.05) is 0 Å². The molecule has 1 amide bonds. The van der Waals surface area contributed by atoms with E-state index in [-0.39, 0.29) is 23.5 Å². The molecule has 1 fully saturated rings. The molecule has 0 aromatic heterocycles. The van der Waals surface area contributed by atoms with Gasteiger partial charge in [-0.05, 0) is 49.2 Å². The van der Waals surface area contributed by atoms with Crippen molar-refractivity contribution in [1.29, 1.82) is 0 Å². The first kappa shape index (κ1) is 19.4. The lowest BCUT2D eigenvalue weighted by molar-refractivity contribution is -0.117. The minimum absolute atomic E-state index is 0.00897. The van der Waals surface area contributed by atoms with Gasteiger partial charge in [0.25, 0.3) is 0 Å². The molecule has 0 unspecified atom stereocenters. The zero-order valence-corrected chi connectivity index (χ0v) is 15.4. The van der Waals surface area contributed by atoms with Gasteiger partial charge in [-0.3, -0.25) is 4.79 Å². The number of anilines is 1. The van der Waals surface area contributed by atoms with E-state index < -0.39 is 33.6 Å². The van der Waals surface area contributed by atoms with Gasteiger partial charge in [0, 0.05) is 19.0 Å². The highest BCUT2D eigenvalue weighted by Crippen LogP contribution is 2.27. The number of amides is 1. The number of piperidine rings is 1. The van der Waals surface area contributed by atoms with Crippen LogP contribution < -0.4 is 5.32 Å². The fourth-order valence-corrected chi connectivity index (χ4v) is 4.91. The molecule has 8 heteroatoms. The Morgan fingerprint density at radius 1 is 1.07 bits per heavy atom. The van der Waals surface area contributed by atoms with E-state index in [4.69, 9.17) is 0 Å². The Morgan fingerprint density at radius 2 is 1.78 bits per heavy atom. The summed E-state index contributed by atoms with van der Waals surface area (Å²) in [4.78, 5) is 12.3. The molecule has 5 nitrogen and oxygen atoms in total. The molecule has 27 heavy (non-hydrogen) atoms. The summed E-state index contributed by atoms with van der Waals surface area (Å²) in [6, 6.07) is 9.90. The number of benzene rings is 2. The van der Waals surface area contributed by atoms with Crippen molar-refractivity contribution in [3.63, 3.8) is 0 Å². The molecule has 1 aliphatic rings. The fourth-order valence-electron chi connectivity index (χ4n) is 3.21. The van der Waals surface area contributed by atoms with Crippen LogP contribution in [-0.2, 0) is 14.8 Å². The van der Waals surface area contributed by atoms with E-state index in [9.17, 15) is 22.0 Å². The zero-order valence-electron chi connectivity index (χ0n) is 14.6. The van der Waals surface area contributed by atoms with Gasteiger partial charge in [-0.25, -0.2) is 17.2 Å². The van der Waals surface area contributed by atoms with Crippen LogP contribution in [0.5, 0.6) is 0 Å². The lowest BCUT2D eigenvalue weighted by atomic mass is 10.0. The number of rotatable bonds is 5. The van der Waals surface area contributed by atoms with Gasteiger partial charge < -0.3 is 5.32 Å². The van der Waals surface area contributed by atoms with Crippen molar-refractivity contribution in [2.45, 2.75) is 36.6 Å². The number of hydrogen-bond acceptors (Lipinski definition) is 3. The summed E-state index contributed by atoms with van der Waals surface area (Å²) >= 11 is 0. The lowest BCUT2D eigenvalue weighted by Gasteiger charge is -2.34. The van der Waals surface area contributed by atoms with E-state index in [0.717, 1.165) is 18.6 Å². The summed E-state index contributed by atoms with van der Waals surface area (Å²) in [5.74, 6) is -1.52. The van der Waals surface area contributed by atoms with Crippen LogP contribution in [0.4, 0.5) is 14.5 Å². The first-order chi connectivity index (χ1) is 12.9. The van der Waals surface area contributed by atoms with Gasteiger partial charge in [0.15, 0.2) is 0 Å². The Morgan fingerprint density at radius 3 is 2.48 bits per heavy atom. The second kappa shape index (κ2) is 8.14. The monoisotopic (exact) mass is 394 g/mol. The molecule has 3 rings (SSSR count). The minimum atomic E-state index is -3.84. The first-order valence-corrected chi connectivity index (χ1v) is 10.1. The Kier molecular flexibility index (Phi) is 5.86. The normalized spacial score (nSPS) is 18.2. The van der Waals surface area contributed by atoms with Crippen molar-refractivity contribution in [3.05, 3.63) is 60.2 Å². The van der Waals surface area contributed by atoms with E-state index in [2.05, 4.69) is 5.32 Å². The molecular formula is C19H20F2N2O3S. The maximum absolute atomic E-state index is 13.7. The summed E-state index contributed by atoms with van der Waals surface area (Å²) in [5.41, 5.74) is 0.0613. The van der Waals surface area contributed by atoms with Gasteiger partial charge in [-0.2, -0.15) is 4.31 Å². The molecule has 1 atom stereocenters. The Hall–Kier alpha value is -2.32. The van der Waals surface area contributed by atoms with Crippen LogP contribution in [0, 0.1) is 11.6 Å². The van der Waals surface area contributed by atoms with Crippen LogP contribution in [-0.4, -0.2) is 31.2 Å². The third kappa shape index (κ3) is 4.51. The lowest BCUT2D eigenvalue weighted by Crippen LogP contribution is -2.45. The molecule has 0 bridgehead atoms. The summed E-state index contributed by atoms with van der Waals surface area (Å²) in [7, 11) is -3.84. The summed E-state index contributed by atoms with van der Waals surface area (Å²) < 4.78 is 53.9. The molecule has 0 radical (unpaired) electrons. The Labute approximate surface area is 157 Å². The van der Waals surface area contributed by atoms with Crippen LogP contribution >= 0.6 is 0 Å². The number of nitrogens with zero attached hydrogens (tertiary/aromatic N) is 1. The summed E-state index contributed by atoms with van der Waals surface area (Å²) in [6.45, 7) is 0.289. The molecule has 1 heterocycles. The third-order valence-electron chi connectivity index (χ3n) is 4.56. The molecule has 1 N–H and O–H groups in total. The van der Waals surface area contributed by atoms with Gasteiger partial charge in [0.05, 0.1) is 10.6 Å². The molecule has 2 aromatic rings. The third-order valence-corrected chi connectivity index (χ3v) is 6.53. The molecular weight excluding hydrogens is 374 g/mol. The van der Waals surface area contributed by atoms with Crippen LogP contribution in [0.2, 0.25) is 0 Å². The van der Waals surface area contributed by atoms with Gasteiger partial charge >= 0.3 is 0 Å². The number of carbonyl (C=O) groups is 1. The molecule has 0 spiro atoms. The average molecular weight is 394 g/mol. The van der Waals surface area contributed by atoms with E-state index >= 15 is 0 Å². The standard InChI is InChI=1S/C19H20F2N2O3S/c20-14-8-10-16(11-9-14)27(25,26)23-12-4-3-5-15(23)13-19(24)22-18-7-2-1-6-17(18)21/h1-2,6-11,15H,3-5,12-13H2,(H,22,24)/t15-/m0/s1. The maximum Gasteiger partial charge on any atom is 0.243 e. The molecule has 1 saturated heterocycles. The second-order valence-electron chi connectivity index (χ2n) is 6.45. The SMILES string of the molecule is O=C(C[C@@H]1CCCCN1S(=O)(=O)c1ccc(F)cc1)Nc1ccccc1F. The number of nitrogens with one attached hydrogen (secondary N) is 1. The molecule has 2 aromatic carbocycles. The fraction of sp³-hybridized carbons (Fsp3) is 0.316. The van der Waals surface area contributed by atoms with Crippen molar-refractivity contribution in [3.8, 4) is 0 Å². The number of para-hydroxylation sites is 1. The Balaban J connectivity index is 1.76. The van der Waals surface area contributed by atoms with Crippen LogP contribution in [0.25, 0.3) is 0 Å². The topological polar surface area (TPSA) is 66.5 Å². The van der Waals surface area contributed by atoms with Gasteiger partial charge in [0.1, 0.15) is 11.6 Å². The Bertz CT molecular complexity index is 917. The number of carbonyl (C=O) groups excluding carboxylic acids is 1. The predicted octanol–water partition coefficient (Wildman–Crippen LogP) is 3.54. The molecule has 0 saturated carbocycles. The van der Waals surface area contributed by atoms with Gasteiger partial charge in [0.2, 0.25) is 15.9 Å². The van der Waals surface area contributed by atoms with E-state index in [0.29, 0.717) is 12.8 Å². The number of halogens is 2. The highest BCUT2D eigenvalue weighted by Gasteiger charge is 2.34. The average Bonchev–Trinajstić information content (AvgIpc) is 2.64. The largest absolute Gasteiger partial charge is 0.324 e. The van der Waals surface area contributed by atoms with Gasteiger partial charge in [-0.1, -0.05) is 18.6 Å². The van der Waals surface area contributed by atoms with Crippen molar-refractivity contribution < 1.29 is 22.0 Å². The van der Waals surface area contributed by atoms with Crippen molar-refractivity contribution in [2.24, 2.45) is 0 Å². The molecule has 1 aliphatic heterocycles. The van der Waals surface area contributed by atoms with Gasteiger partial charge in [-0.15, -0.1) is 0 Å². The highest BCUT2D eigenvalue weighted by atomic mass is 32.2. The second-order valence-corrected chi connectivity index (χ2v) is 8.34. The zero-order chi connectivity index (χ0) is 19.4. The quantitative estimate of drug-likeness (QED) is 0.844. The van der Waals surface area contributed by atoms with Crippen molar-refractivity contribution in [2.75, 3.05) is 11.9 Å². The van der Waals surface area contributed by atoms with Crippen molar-refractivity contribution in [1.82, 2.24) is 4.31 Å². The van der Waals surface area contributed by atoms with Crippen LogP contribution in [0.1, 0.15) is 25.7 Å². The number of sulfonamides is 1. The molecule has 0 aliphatic carbocycles. The van der Waals surface area contributed by atoms with E-state index in [1.54, 1.807) is 6.07 Å². The first-order valence-electron chi connectivity index (χ1n) is 8.70. The minimum Gasteiger partial charge on any atom is -0.324 e. The van der Waals surface area contributed by atoms with Crippen LogP contribution in [0.3, 0.4) is 0 Å². The predicted molar refractivity (Wildman–Crippen MR) is 97.6 cm³/mol.